The van der Waals surface area contributed by atoms with Crippen LogP contribution in [0.5, 0.6) is 6.01 Å². The Bertz CT molecular complexity index is 1930. The number of aromatic nitrogens is 11. The highest BCUT2D eigenvalue weighted by atomic mass is 16.5. The Kier molecular flexibility index (Phi) is 9.15. The van der Waals surface area contributed by atoms with Crippen LogP contribution in [0.3, 0.4) is 0 Å². The van der Waals surface area contributed by atoms with Crippen molar-refractivity contribution in [3.8, 4) is 17.9 Å². The molecule has 0 aliphatic rings. The molecule has 0 radical (unpaired) electrons. The number of carbonyl (C=O) groups is 2. The van der Waals surface area contributed by atoms with Crippen LogP contribution in [0.4, 0.5) is 34.6 Å². The first kappa shape index (κ1) is 32.8. The number of hydrogen-bond acceptors (Lipinski definition) is 18. The van der Waals surface area contributed by atoms with Gasteiger partial charge in [-0.25, -0.2) is 19.0 Å². The summed E-state index contributed by atoms with van der Waals surface area (Å²) in [5, 5.41) is 33.8. The highest BCUT2D eigenvalue weighted by Crippen LogP contribution is 2.33. The summed E-state index contributed by atoms with van der Waals surface area (Å²) in [6.07, 6.45) is 2.67. The maximum Gasteiger partial charge on any atom is 0.343 e. The lowest BCUT2D eigenvalue weighted by molar-refractivity contribution is 0.0517. The fourth-order valence-corrected chi connectivity index (χ4v) is 4.24. The molecular formula is C26H31N17O5. The van der Waals surface area contributed by atoms with Crippen LogP contribution in [0, 0.1) is 13.8 Å². The second-order valence-corrected chi connectivity index (χ2v) is 9.74. The van der Waals surface area contributed by atoms with Gasteiger partial charge in [0.1, 0.15) is 11.1 Å². The minimum atomic E-state index is -0.596. The Morgan fingerprint density at radius 2 is 1.15 bits per heavy atom. The molecule has 0 aliphatic heterocycles. The van der Waals surface area contributed by atoms with Gasteiger partial charge >= 0.3 is 17.9 Å². The zero-order valence-corrected chi connectivity index (χ0v) is 27.0. The Morgan fingerprint density at radius 3 is 1.52 bits per heavy atom. The summed E-state index contributed by atoms with van der Waals surface area (Å²) in [4.78, 5) is 37.7. The predicted octanol–water partition coefficient (Wildman–Crippen LogP) is 2.68. The molecule has 0 saturated carbocycles. The van der Waals surface area contributed by atoms with Crippen LogP contribution in [0.1, 0.15) is 46.0 Å². The Morgan fingerprint density at radius 1 is 0.729 bits per heavy atom. The lowest BCUT2D eigenvalue weighted by Gasteiger charge is -2.08. The molecule has 0 atom stereocenters. The van der Waals surface area contributed by atoms with E-state index < -0.39 is 11.9 Å². The van der Waals surface area contributed by atoms with Crippen molar-refractivity contribution in [2.45, 2.75) is 27.7 Å². The van der Waals surface area contributed by atoms with Crippen molar-refractivity contribution >= 4 is 46.6 Å². The lowest BCUT2D eigenvalue weighted by atomic mass is 10.3. The van der Waals surface area contributed by atoms with E-state index in [0.29, 0.717) is 11.4 Å². The van der Waals surface area contributed by atoms with E-state index in [4.69, 9.17) is 25.7 Å². The molecule has 5 rings (SSSR count). The third kappa shape index (κ3) is 6.12. The zero-order chi connectivity index (χ0) is 34.7. The number of nitrogen functional groups attached to an aromatic ring is 2. The van der Waals surface area contributed by atoms with Crippen LogP contribution in [-0.4, -0.2) is 86.3 Å². The maximum atomic E-state index is 12.3. The Labute approximate surface area is 271 Å². The number of rotatable bonds is 11. The zero-order valence-electron chi connectivity index (χ0n) is 27.0. The molecule has 5 heterocycles. The summed E-state index contributed by atoms with van der Waals surface area (Å²) in [7, 11) is 4.57. The van der Waals surface area contributed by atoms with E-state index in [1.54, 1.807) is 41.8 Å². The standard InChI is InChI=1S/C26H31N17O5/c1-8-47-22(44)14-10-29-40(5)20(14)36-34-16-12(3)38-42(18(16)27)24-31-25(33-26(32-24)46-7)43-19(28)17(13(4)39-43)35-37-21-15(11-30-41(21)6)23(45)48-9-2/h10-11H,8-9,27-28H2,1-7H3. The van der Waals surface area contributed by atoms with Crippen LogP contribution >= 0.6 is 0 Å². The fraction of sp³-hybridized carbons (Fsp3) is 0.346. The number of methoxy groups -OCH3 is 1. The first-order valence-electron chi connectivity index (χ1n) is 14.2. The molecule has 0 amide bonds. The number of ether oxygens (including phenoxy) is 3. The Balaban J connectivity index is 1.51. The van der Waals surface area contributed by atoms with Crippen molar-refractivity contribution in [1.82, 2.24) is 54.1 Å². The maximum absolute atomic E-state index is 12.3. The van der Waals surface area contributed by atoms with Gasteiger partial charge in [0.2, 0.25) is 0 Å². The average Bonchev–Trinajstić information content (AvgIpc) is 3.78. The van der Waals surface area contributed by atoms with E-state index >= 15 is 0 Å². The number of esters is 2. The number of nitrogens with zero attached hydrogens (tertiary/aromatic N) is 15. The van der Waals surface area contributed by atoms with Gasteiger partial charge in [-0.1, -0.05) is 0 Å². The summed E-state index contributed by atoms with van der Waals surface area (Å²) < 4.78 is 20.6. The van der Waals surface area contributed by atoms with Gasteiger partial charge in [0, 0.05) is 14.1 Å². The van der Waals surface area contributed by atoms with E-state index in [-0.39, 0.29) is 76.9 Å². The van der Waals surface area contributed by atoms with Gasteiger partial charge in [-0.05, 0) is 27.7 Å². The molecule has 5 aromatic heterocycles. The molecule has 22 heteroatoms. The smallest absolute Gasteiger partial charge is 0.343 e. The SMILES string of the molecule is CCOC(=O)c1cnn(C)c1N=Nc1c(C)nn(-c2nc(OC)nc(-n3nc(C)c(N=Nc4c(C(=O)OCC)cnn4C)c3N)n2)c1N. The van der Waals surface area contributed by atoms with Crippen LogP contribution in [-0.2, 0) is 23.6 Å². The van der Waals surface area contributed by atoms with Crippen molar-refractivity contribution in [2.75, 3.05) is 31.8 Å². The number of nitrogens with two attached hydrogens (primary N) is 2. The van der Waals surface area contributed by atoms with Crippen molar-refractivity contribution in [3.63, 3.8) is 0 Å². The number of azo groups is 2. The van der Waals surface area contributed by atoms with Crippen LogP contribution in [0.25, 0.3) is 11.9 Å². The topological polar surface area (TPSA) is 273 Å². The number of carbonyl (C=O) groups excluding carboxylic acids is 2. The quantitative estimate of drug-likeness (QED) is 0.152. The average molecular weight is 662 g/mol. The van der Waals surface area contributed by atoms with Crippen LogP contribution in [0.2, 0.25) is 0 Å². The van der Waals surface area contributed by atoms with Crippen LogP contribution < -0.4 is 16.2 Å². The van der Waals surface area contributed by atoms with E-state index in [1.807, 2.05) is 0 Å². The molecule has 5 aromatic rings. The fourth-order valence-electron chi connectivity index (χ4n) is 4.24. The highest BCUT2D eigenvalue weighted by molar-refractivity contribution is 5.94. The molecule has 250 valence electrons. The summed E-state index contributed by atoms with van der Waals surface area (Å²) >= 11 is 0. The second-order valence-electron chi connectivity index (χ2n) is 9.74. The van der Waals surface area contributed by atoms with E-state index in [2.05, 4.69) is 55.8 Å². The second kappa shape index (κ2) is 13.4. The summed E-state index contributed by atoms with van der Waals surface area (Å²) in [6.45, 7) is 7.04. The minimum Gasteiger partial charge on any atom is -0.467 e. The third-order valence-electron chi connectivity index (χ3n) is 6.57. The number of hydrogen-bond donors (Lipinski definition) is 2. The van der Waals surface area contributed by atoms with E-state index in [0.717, 1.165) is 0 Å². The molecular weight excluding hydrogens is 630 g/mol. The van der Waals surface area contributed by atoms with E-state index in [9.17, 15) is 9.59 Å². The first-order chi connectivity index (χ1) is 23.0. The molecule has 22 nitrogen and oxygen atoms in total. The van der Waals surface area contributed by atoms with Gasteiger partial charge in [0.05, 0.1) is 44.1 Å². The minimum absolute atomic E-state index is 0.0167. The highest BCUT2D eigenvalue weighted by Gasteiger charge is 2.23. The lowest BCUT2D eigenvalue weighted by Crippen LogP contribution is -2.14. The number of anilines is 2. The summed E-state index contributed by atoms with van der Waals surface area (Å²) in [5.74, 6) is -0.968. The molecule has 0 aromatic carbocycles. The summed E-state index contributed by atoms with van der Waals surface area (Å²) in [6, 6.07) is -0.107. The van der Waals surface area contributed by atoms with Gasteiger partial charge in [-0.3, -0.25) is 0 Å². The van der Waals surface area contributed by atoms with E-state index in [1.165, 1.54) is 38.2 Å². The molecule has 0 unspecified atom stereocenters. The van der Waals surface area contributed by atoms with Crippen LogP contribution in [0.15, 0.2) is 32.9 Å². The van der Waals surface area contributed by atoms with Gasteiger partial charge < -0.3 is 25.7 Å². The Hall–Kier alpha value is -6.61. The molecule has 0 fully saturated rings. The van der Waals surface area contributed by atoms with Crippen molar-refractivity contribution in [3.05, 3.63) is 34.9 Å². The summed E-state index contributed by atoms with van der Waals surface area (Å²) in [5.41, 5.74) is 14.2. The van der Waals surface area contributed by atoms with Gasteiger partial charge in [-0.15, -0.1) is 20.5 Å². The monoisotopic (exact) mass is 661 g/mol. The van der Waals surface area contributed by atoms with Crippen molar-refractivity contribution in [1.29, 1.82) is 0 Å². The predicted molar refractivity (Wildman–Crippen MR) is 166 cm³/mol. The third-order valence-corrected chi connectivity index (χ3v) is 6.57. The molecule has 0 saturated heterocycles. The van der Waals surface area contributed by atoms with Crippen molar-refractivity contribution < 1.29 is 23.8 Å². The molecule has 0 spiro atoms. The van der Waals surface area contributed by atoms with Gasteiger partial charge in [0.25, 0.3) is 11.9 Å². The largest absolute Gasteiger partial charge is 0.467 e. The first-order valence-corrected chi connectivity index (χ1v) is 14.2. The van der Waals surface area contributed by atoms with Gasteiger partial charge in [-0.2, -0.15) is 44.7 Å². The normalized spacial score (nSPS) is 11.6. The van der Waals surface area contributed by atoms with Crippen molar-refractivity contribution in [2.24, 2.45) is 34.6 Å². The van der Waals surface area contributed by atoms with Gasteiger partial charge in [0.15, 0.2) is 34.6 Å². The molecule has 48 heavy (non-hydrogen) atoms. The molecule has 4 N–H and O–H groups in total. The molecule has 0 bridgehead atoms. The number of aryl methyl sites for hydroxylation is 4. The molecule has 0 aliphatic carbocycles.